The second-order valence-electron chi connectivity index (χ2n) is 26.7. The van der Waals surface area contributed by atoms with Crippen LogP contribution in [0.2, 0.25) is 0 Å². The SMILES string of the molecule is CCCCCCCCCCCCCCCCCCCCCCC/C=C/C(O)C(CO)NC(=O)CCCCCCCCCCCCCCCCCCCCCCCCCCCCCCCCCCOC(=O)CCCCCCCCCCCCC. The minimum atomic E-state index is -0.842. The fraction of sp³-hybridized carbons (Fsp3) is 0.948. The van der Waals surface area contributed by atoms with Crippen molar-refractivity contribution in [2.75, 3.05) is 13.2 Å². The molecule has 0 aliphatic heterocycles. The molecule has 0 rings (SSSR count). The lowest BCUT2D eigenvalue weighted by Gasteiger charge is -2.20. The van der Waals surface area contributed by atoms with Crippen molar-refractivity contribution < 1.29 is 24.5 Å². The van der Waals surface area contributed by atoms with Crippen molar-refractivity contribution in [1.82, 2.24) is 5.32 Å². The largest absolute Gasteiger partial charge is 0.466 e. The van der Waals surface area contributed by atoms with Crippen molar-refractivity contribution in [2.45, 2.75) is 456 Å². The molecule has 0 aromatic heterocycles. The highest BCUT2D eigenvalue weighted by Gasteiger charge is 2.18. The lowest BCUT2D eigenvalue weighted by atomic mass is 10.0. The Balaban J connectivity index is 3.35. The van der Waals surface area contributed by atoms with Crippen LogP contribution in [0.15, 0.2) is 12.2 Å². The molecule has 0 heterocycles. The number of carbonyl (C=O) groups is 2. The molecule has 0 radical (unpaired) electrons. The number of hydrogen-bond acceptors (Lipinski definition) is 5. The number of rotatable bonds is 73. The van der Waals surface area contributed by atoms with Gasteiger partial charge in [-0.2, -0.15) is 0 Å². The zero-order chi connectivity index (χ0) is 59.9. The summed E-state index contributed by atoms with van der Waals surface area (Å²) in [4.78, 5) is 24.6. The molecule has 6 heteroatoms. The van der Waals surface area contributed by atoms with E-state index >= 15 is 0 Å². The lowest BCUT2D eigenvalue weighted by molar-refractivity contribution is -0.143. The average Bonchev–Trinajstić information content (AvgIpc) is 3.50. The monoisotopic (exact) mass is 1170 g/mol. The van der Waals surface area contributed by atoms with Gasteiger partial charge in [0, 0.05) is 12.8 Å². The Morgan fingerprint density at radius 2 is 0.554 bits per heavy atom. The number of aliphatic hydroxyl groups excluding tert-OH is 2. The van der Waals surface area contributed by atoms with Crippen LogP contribution >= 0.6 is 0 Å². The van der Waals surface area contributed by atoms with Gasteiger partial charge in [0.15, 0.2) is 0 Å². The summed E-state index contributed by atoms with van der Waals surface area (Å²) in [5.41, 5.74) is 0. The number of hydrogen-bond donors (Lipinski definition) is 3. The first-order valence-electron chi connectivity index (χ1n) is 38.5. The Hall–Kier alpha value is -1.40. The molecule has 0 saturated carbocycles. The van der Waals surface area contributed by atoms with Crippen LogP contribution in [0, 0.1) is 0 Å². The van der Waals surface area contributed by atoms with Crippen LogP contribution in [0.5, 0.6) is 0 Å². The summed E-state index contributed by atoms with van der Waals surface area (Å²) in [6, 6.07) is -0.625. The van der Waals surface area contributed by atoms with E-state index in [0.717, 1.165) is 38.5 Å². The standard InChI is InChI=1S/C77H151NO5/c1-3-5-7-9-11-13-15-16-17-18-19-20-31-34-37-40-43-46-50-53-57-61-65-69-75(80)74(73-79)78-76(81)70-66-62-58-54-51-47-44-41-38-35-32-29-27-25-23-21-22-24-26-28-30-33-36-39-42-45-48-52-56-60-64-68-72-83-77(82)71-67-63-59-55-49-14-12-10-8-6-4-2/h65,69,74-75,79-80H,3-64,66-68,70-73H2,1-2H3,(H,78,81)/b69-65+. The molecule has 0 spiro atoms. The van der Waals surface area contributed by atoms with Crippen molar-refractivity contribution in [3.63, 3.8) is 0 Å². The molecule has 0 aromatic carbocycles. The number of ether oxygens (including phenoxy) is 1. The number of esters is 1. The van der Waals surface area contributed by atoms with Crippen molar-refractivity contribution in [3.05, 3.63) is 12.2 Å². The third-order valence-corrected chi connectivity index (χ3v) is 18.3. The molecule has 1 amide bonds. The second-order valence-corrected chi connectivity index (χ2v) is 26.7. The van der Waals surface area contributed by atoms with Crippen LogP contribution in [0.4, 0.5) is 0 Å². The van der Waals surface area contributed by atoms with Gasteiger partial charge in [-0.05, 0) is 32.1 Å². The van der Waals surface area contributed by atoms with Gasteiger partial charge in [-0.25, -0.2) is 0 Å². The molecular weight excluding hydrogens is 1020 g/mol. The highest BCUT2D eigenvalue weighted by atomic mass is 16.5. The minimum Gasteiger partial charge on any atom is -0.466 e. The predicted molar refractivity (Wildman–Crippen MR) is 366 cm³/mol. The molecule has 494 valence electrons. The third kappa shape index (κ3) is 69.6. The van der Waals surface area contributed by atoms with Crippen LogP contribution in [-0.2, 0) is 14.3 Å². The number of unbranched alkanes of at least 4 members (excludes halogenated alkanes) is 62. The smallest absolute Gasteiger partial charge is 0.305 e. The first-order chi connectivity index (χ1) is 41.0. The number of aliphatic hydroxyl groups is 2. The molecule has 0 aliphatic carbocycles. The molecule has 3 N–H and O–H groups in total. The van der Waals surface area contributed by atoms with Gasteiger partial charge in [-0.1, -0.05) is 411 Å². The van der Waals surface area contributed by atoms with E-state index in [0.29, 0.717) is 19.4 Å². The summed E-state index contributed by atoms with van der Waals surface area (Å²) >= 11 is 0. The van der Waals surface area contributed by atoms with E-state index in [1.54, 1.807) is 6.08 Å². The van der Waals surface area contributed by atoms with Crippen molar-refractivity contribution in [3.8, 4) is 0 Å². The number of amides is 1. The van der Waals surface area contributed by atoms with E-state index in [1.165, 1.54) is 379 Å². The van der Waals surface area contributed by atoms with E-state index in [-0.39, 0.29) is 18.5 Å². The molecular formula is C77H151NO5. The van der Waals surface area contributed by atoms with E-state index in [2.05, 4.69) is 19.2 Å². The molecule has 0 aliphatic rings. The molecule has 0 aromatic rings. The fourth-order valence-corrected chi connectivity index (χ4v) is 12.5. The molecule has 2 atom stereocenters. The van der Waals surface area contributed by atoms with Gasteiger partial charge in [0.1, 0.15) is 0 Å². The van der Waals surface area contributed by atoms with Gasteiger partial charge < -0.3 is 20.3 Å². The van der Waals surface area contributed by atoms with E-state index < -0.39 is 12.1 Å². The number of carbonyl (C=O) groups excluding carboxylic acids is 2. The zero-order valence-corrected chi connectivity index (χ0v) is 56.7. The molecule has 83 heavy (non-hydrogen) atoms. The Bertz CT molecular complexity index is 1260. The predicted octanol–water partition coefficient (Wildman–Crippen LogP) is 25.1. The molecule has 2 unspecified atom stereocenters. The summed E-state index contributed by atoms with van der Waals surface area (Å²) in [5, 5.41) is 23.3. The highest BCUT2D eigenvalue weighted by Crippen LogP contribution is 2.20. The summed E-state index contributed by atoms with van der Waals surface area (Å²) in [7, 11) is 0. The van der Waals surface area contributed by atoms with Crippen molar-refractivity contribution in [1.29, 1.82) is 0 Å². The maximum absolute atomic E-state index is 12.5. The van der Waals surface area contributed by atoms with Gasteiger partial charge >= 0.3 is 5.97 Å². The molecule has 0 fully saturated rings. The maximum Gasteiger partial charge on any atom is 0.305 e. The first kappa shape index (κ1) is 81.6. The van der Waals surface area contributed by atoms with E-state index in [4.69, 9.17) is 4.74 Å². The Morgan fingerprint density at radius 1 is 0.325 bits per heavy atom. The average molecular weight is 1170 g/mol. The van der Waals surface area contributed by atoms with E-state index in [9.17, 15) is 19.8 Å². The Morgan fingerprint density at radius 3 is 0.819 bits per heavy atom. The van der Waals surface area contributed by atoms with Crippen LogP contribution < -0.4 is 5.32 Å². The van der Waals surface area contributed by atoms with Crippen LogP contribution in [0.25, 0.3) is 0 Å². The topological polar surface area (TPSA) is 95.9 Å². The lowest BCUT2D eigenvalue weighted by Crippen LogP contribution is -2.45. The second kappa shape index (κ2) is 73.1. The van der Waals surface area contributed by atoms with Gasteiger partial charge in [0.25, 0.3) is 0 Å². The van der Waals surface area contributed by atoms with Crippen molar-refractivity contribution >= 4 is 11.9 Å². The normalized spacial score (nSPS) is 12.5. The summed E-state index contributed by atoms with van der Waals surface area (Å²) in [6.07, 6.45) is 91.9. The first-order valence-corrected chi connectivity index (χ1v) is 38.5. The summed E-state index contributed by atoms with van der Waals surface area (Å²) < 4.78 is 5.48. The molecule has 0 saturated heterocycles. The van der Waals surface area contributed by atoms with Gasteiger partial charge in [0.2, 0.25) is 5.91 Å². The summed E-state index contributed by atoms with van der Waals surface area (Å²) in [6.45, 7) is 4.96. The van der Waals surface area contributed by atoms with Gasteiger partial charge in [0.05, 0.1) is 25.4 Å². The highest BCUT2D eigenvalue weighted by molar-refractivity contribution is 5.76. The molecule has 6 nitrogen and oxygen atoms in total. The quantitative estimate of drug-likeness (QED) is 0.0320. The van der Waals surface area contributed by atoms with Gasteiger partial charge in [-0.3, -0.25) is 9.59 Å². The summed E-state index contributed by atoms with van der Waals surface area (Å²) in [5.74, 6) is -0.0363. The van der Waals surface area contributed by atoms with Crippen LogP contribution in [0.3, 0.4) is 0 Å². The van der Waals surface area contributed by atoms with Crippen LogP contribution in [-0.4, -0.2) is 47.4 Å². The Labute approximate surface area is 520 Å². The maximum atomic E-state index is 12.5. The number of nitrogens with one attached hydrogen (secondary N) is 1. The van der Waals surface area contributed by atoms with Crippen LogP contribution in [0.1, 0.15) is 444 Å². The minimum absolute atomic E-state index is 0.0217. The van der Waals surface area contributed by atoms with E-state index in [1.807, 2.05) is 6.08 Å². The Kier molecular flexibility index (Phi) is 71.8. The zero-order valence-electron chi connectivity index (χ0n) is 56.7. The number of allylic oxidation sites excluding steroid dienone is 1. The third-order valence-electron chi connectivity index (χ3n) is 18.3. The molecule has 0 bridgehead atoms. The van der Waals surface area contributed by atoms with Gasteiger partial charge in [-0.15, -0.1) is 0 Å². The van der Waals surface area contributed by atoms with Crippen molar-refractivity contribution in [2.24, 2.45) is 0 Å². The fourth-order valence-electron chi connectivity index (χ4n) is 12.5.